The highest BCUT2D eigenvalue weighted by molar-refractivity contribution is 5.63. The van der Waals surface area contributed by atoms with Crippen LogP contribution >= 0.6 is 0 Å². The van der Waals surface area contributed by atoms with E-state index in [1.807, 2.05) is 13.0 Å². The van der Waals surface area contributed by atoms with Crippen molar-refractivity contribution < 1.29 is 4.42 Å². The SMILES string of the molecule is C=Cc1occ(CNC/C=C/c2ccccc2CC)c1/C=C\C. The maximum Gasteiger partial charge on any atom is 0.133 e. The van der Waals surface area contributed by atoms with E-state index in [-0.39, 0.29) is 0 Å². The molecular weight excluding hydrogens is 282 g/mol. The van der Waals surface area contributed by atoms with Crippen LogP contribution in [-0.2, 0) is 13.0 Å². The van der Waals surface area contributed by atoms with E-state index in [0.29, 0.717) is 0 Å². The van der Waals surface area contributed by atoms with Crippen LogP contribution in [-0.4, -0.2) is 6.54 Å². The fraction of sp³-hybridized carbons (Fsp3) is 0.238. The van der Waals surface area contributed by atoms with E-state index in [1.165, 1.54) is 11.1 Å². The van der Waals surface area contributed by atoms with E-state index in [0.717, 1.165) is 36.4 Å². The van der Waals surface area contributed by atoms with E-state index < -0.39 is 0 Å². The Bertz CT molecular complexity index is 692. The van der Waals surface area contributed by atoms with Crippen LogP contribution in [0.5, 0.6) is 0 Å². The normalized spacial score (nSPS) is 11.6. The molecule has 0 aliphatic carbocycles. The number of hydrogen-bond donors (Lipinski definition) is 1. The van der Waals surface area contributed by atoms with E-state index in [9.17, 15) is 0 Å². The number of rotatable bonds is 8. The molecule has 0 aliphatic rings. The van der Waals surface area contributed by atoms with Crippen molar-refractivity contribution in [3.63, 3.8) is 0 Å². The monoisotopic (exact) mass is 307 g/mol. The Balaban J connectivity index is 1.92. The van der Waals surface area contributed by atoms with Gasteiger partial charge in [0.05, 0.1) is 6.26 Å². The summed E-state index contributed by atoms with van der Waals surface area (Å²) < 4.78 is 5.53. The third kappa shape index (κ3) is 4.57. The van der Waals surface area contributed by atoms with E-state index in [1.54, 1.807) is 12.3 Å². The highest BCUT2D eigenvalue weighted by atomic mass is 16.3. The first-order chi connectivity index (χ1) is 11.3. The standard InChI is InChI=1S/C21H25NO/c1-4-10-20-19(16-23-21(20)6-3)15-22-14-9-13-18-12-8-7-11-17(18)5-2/h4,6-13,16,22H,3,5,14-15H2,1-2H3/b10-4-,13-9+. The van der Waals surface area contributed by atoms with E-state index in [2.05, 4.69) is 61.3 Å². The molecule has 2 rings (SSSR count). The number of allylic oxidation sites excluding steroid dienone is 1. The van der Waals surface area contributed by atoms with Crippen LogP contribution in [0.15, 0.2) is 53.7 Å². The Hall–Kier alpha value is -2.32. The van der Waals surface area contributed by atoms with Crippen LogP contribution in [0.3, 0.4) is 0 Å². The molecule has 0 spiro atoms. The second-order valence-electron chi connectivity index (χ2n) is 5.33. The molecule has 0 fully saturated rings. The molecule has 0 amide bonds. The van der Waals surface area contributed by atoms with Gasteiger partial charge in [-0.1, -0.05) is 62.1 Å². The maximum atomic E-state index is 5.53. The van der Waals surface area contributed by atoms with Gasteiger partial charge in [-0.25, -0.2) is 0 Å². The number of aryl methyl sites for hydroxylation is 1. The van der Waals surface area contributed by atoms with Crippen LogP contribution in [0.4, 0.5) is 0 Å². The third-order valence-corrected chi connectivity index (χ3v) is 3.77. The molecule has 0 aliphatic heterocycles. The summed E-state index contributed by atoms with van der Waals surface area (Å²) >= 11 is 0. The zero-order chi connectivity index (χ0) is 16.5. The van der Waals surface area contributed by atoms with Crippen molar-refractivity contribution in [1.82, 2.24) is 5.32 Å². The Morgan fingerprint density at radius 1 is 1.17 bits per heavy atom. The zero-order valence-electron chi connectivity index (χ0n) is 14.0. The van der Waals surface area contributed by atoms with Gasteiger partial charge >= 0.3 is 0 Å². The lowest BCUT2D eigenvalue weighted by Crippen LogP contribution is -2.13. The summed E-state index contributed by atoms with van der Waals surface area (Å²) in [5, 5.41) is 3.43. The van der Waals surface area contributed by atoms with Crippen molar-refractivity contribution in [3.8, 4) is 0 Å². The molecule has 2 heteroatoms. The third-order valence-electron chi connectivity index (χ3n) is 3.77. The van der Waals surface area contributed by atoms with Crippen molar-refractivity contribution in [2.24, 2.45) is 0 Å². The van der Waals surface area contributed by atoms with Gasteiger partial charge in [0, 0.05) is 24.2 Å². The lowest BCUT2D eigenvalue weighted by atomic mass is 10.1. The Kier molecular flexibility index (Phi) is 6.64. The van der Waals surface area contributed by atoms with Crippen molar-refractivity contribution in [2.75, 3.05) is 6.54 Å². The predicted octanol–water partition coefficient (Wildman–Crippen LogP) is 5.32. The second kappa shape index (κ2) is 8.96. The summed E-state index contributed by atoms with van der Waals surface area (Å²) in [6.45, 7) is 9.57. The molecule has 0 saturated heterocycles. The van der Waals surface area contributed by atoms with Crippen molar-refractivity contribution in [3.05, 3.63) is 77.3 Å². The maximum absolute atomic E-state index is 5.53. The highest BCUT2D eigenvalue weighted by Gasteiger charge is 2.07. The average Bonchev–Trinajstić information content (AvgIpc) is 2.97. The van der Waals surface area contributed by atoms with Crippen molar-refractivity contribution in [2.45, 2.75) is 26.8 Å². The molecule has 120 valence electrons. The summed E-state index contributed by atoms with van der Waals surface area (Å²) in [7, 11) is 0. The molecule has 2 nitrogen and oxygen atoms in total. The van der Waals surface area contributed by atoms with Gasteiger partial charge in [0.2, 0.25) is 0 Å². The van der Waals surface area contributed by atoms with Crippen LogP contribution in [0, 0.1) is 0 Å². The number of hydrogen-bond acceptors (Lipinski definition) is 2. The Morgan fingerprint density at radius 2 is 2.00 bits per heavy atom. The average molecular weight is 307 g/mol. The predicted molar refractivity (Wildman–Crippen MR) is 100 cm³/mol. The molecule has 2 aromatic rings. The van der Waals surface area contributed by atoms with Crippen molar-refractivity contribution >= 4 is 18.2 Å². The summed E-state index contributed by atoms with van der Waals surface area (Å²) in [4.78, 5) is 0. The molecule has 23 heavy (non-hydrogen) atoms. The van der Waals surface area contributed by atoms with Gasteiger partial charge in [-0.2, -0.15) is 0 Å². The number of nitrogens with one attached hydrogen (secondary N) is 1. The second-order valence-corrected chi connectivity index (χ2v) is 5.33. The summed E-state index contributed by atoms with van der Waals surface area (Å²) in [5.74, 6) is 0.826. The minimum atomic E-state index is 0.775. The van der Waals surface area contributed by atoms with Crippen LogP contribution in [0.2, 0.25) is 0 Å². The summed E-state index contributed by atoms with van der Waals surface area (Å²) in [6, 6.07) is 8.51. The zero-order valence-corrected chi connectivity index (χ0v) is 14.0. The fourth-order valence-electron chi connectivity index (χ4n) is 2.57. The van der Waals surface area contributed by atoms with Gasteiger partial charge in [-0.15, -0.1) is 0 Å². The largest absolute Gasteiger partial charge is 0.464 e. The minimum absolute atomic E-state index is 0.775. The lowest BCUT2D eigenvalue weighted by molar-refractivity contribution is 0.551. The van der Waals surface area contributed by atoms with E-state index >= 15 is 0 Å². The Morgan fingerprint density at radius 3 is 2.74 bits per heavy atom. The number of furan rings is 1. The van der Waals surface area contributed by atoms with Gasteiger partial charge in [0.25, 0.3) is 0 Å². The van der Waals surface area contributed by atoms with Crippen LogP contribution in [0.25, 0.3) is 18.2 Å². The fourth-order valence-corrected chi connectivity index (χ4v) is 2.57. The molecule has 0 bridgehead atoms. The molecule has 1 N–H and O–H groups in total. The van der Waals surface area contributed by atoms with Gasteiger partial charge in [0.15, 0.2) is 0 Å². The number of benzene rings is 1. The molecule has 0 atom stereocenters. The van der Waals surface area contributed by atoms with Gasteiger partial charge in [-0.3, -0.25) is 0 Å². The molecule has 1 aromatic carbocycles. The van der Waals surface area contributed by atoms with E-state index in [4.69, 9.17) is 4.42 Å². The highest BCUT2D eigenvalue weighted by Crippen LogP contribution is 2.20. The van der Waals surface area contributed by atoms with Crippen LogP contribution in [0.1, 0.15) is 41.9 Å². The minimum Gasteiger partial charge on any atom is -0.464 e. The Labute approximate surface area is 139 Å². The first kappa shape index (κ1) is 17.0. The molecule has 1 aromatic heterocycles. The molecule has 0 unspecified atom stereocenters. The molecule has 0 radical (unpaired) electrons. The smallest absolute Gasteiger partial charge is 0.133 e. The summed E-state index contributed by atoms with van der Waals surface area (Å²) in [6.07, 6.45) is 13.0. The first-order valence-corrected chi connectivity index (χ1v) is 8.10. The lowest BCUT2D eigenvalue weighted by Gasteiger charge is -2.03. The molecule has 1 heterocycles. The quantitative estimate of drug-likeness (QED) is 0.668. The molecule has 0 saturated carbocycles. The first-order valence-electron chi connectivity index (χ1n) is 8.10. The van der Waals surface area contributed by atoms with Crippen LogP contribution < -0.4 is 5.32 Å². The van der Waals surface area contributed by atoms with Gasteiger partial charge < -0.3 is 9.73 Å². The topological polar surface area (TPSA) is 25.2 Å². The molecular formula is C21H25NO. The summed E-state index contributed by atoms with van der Waals surface area (Å²) in [5.41, 5.74) is 4.93. The van der Waals surface area contributed by atoms with Gasteiger partial charge in [-0.05, 0) is 30.5 Å². The van der Waals surface area contributed by atoms with Crippen molar-refractivity contribution in [1.29, 1.82) is 0 Å². The van der Waals surface area contributed by atoms with Gasteiger partial charge in [0.1, 0.15) is 5.76 Å².